The average molecular weight is 378 g/mol. The molecule has 4 aromatic rings. The van der Waals surface area contributed by atoms with Crippen molar-refractivity contribution in [3.8, 4) is 0 Å². The Balaban J connectivity index is 1.35. The fraction of sp³-hybridized carbons (Fsp3) is 0.211. The van der Waals surface area contributed by atoms with Crippen LogP contribution in [0, 0.1) is 0 Å². The van der Waals surface area contributed by atoms with E-state index in [1.54, 1.807) is 11.3 Å². The summed E-state index contributed by atoms with van der Waals surface area (Å²) in [6.45, 7) is 2.72. The van der Waals surface area contributed by atoms with Gasteiger partial charge < -0.3 is 20.5 Å². The summed E-state index contributed by atoms with van der Waals surface area (Å²) in [5.74, 6) is 1.18. The second-order valence-corrected chi connectivity index (χ2v) is 7.49. The number of nitrogens with two attached hydrogens (primary N) is 1. The molecule has 27 heavy (non-hydrogen) atoms. The molecule has 3 aromatic heterocycles. The summed E-state index contributed by atoms with van der Waals surface area (Å²) in [4.78, 5) is 29.8. The van der Waals surface area contributed by atoms with Crippen LogP contribution in [-0.2, 0) is 0 Å². The van der Waals surface area contributed by atoms with Crippen molar-refractivity contribution in [3.05, 3.63) is 47.5 Å². The quantitative estimate of drug-likeness (QED) is 0.560. The summed E-state index contributed by atoms with van der Waals surface area (Å²) >= 11 is 1.56. The molecular weight excluding hydrogens is 360 g/mol. The number of benzene rings is 1. The molecule has 1 aliphatic heterocycles. The van der Waals surface area contributed by atoms with Crippen molar-refractivity contribution in [2.75, 3.05) is 36.8 Å². The number of anilines is 2. The van der Waals surface area contributed by atoms with E-state index in [4.69, 9.17) is 5.73 Å². The number of fused-ring (bicyclic) bond motifs is 2. The lowest BCUT2D eigenvalue weighted by molar-refractivity contribution is 0.0741. The maximum Gasteiger partial charge on any atom is 0.270 e. The molecule has 0 radical (unpaired) electrons. The van der Waals surface area contributed by atoms with Crippen molar-refractivity contribution < 1.29 is 4.79 Å². The van der Waals surface area contributed by atoms with Gasteiger partial charge in [-0.15, -0.1) is 11.3 Å². The molecule has 1 aliphatic rings. The molecule has 0 atom stereocenters. The van der Waals surface area contributed by atoms with Gasteiger partial charge in [0.2, 0.25) is 5.95 Å². The number of hydrogen-bond donors (Lipinski definition) is 2. The number of aromatic amines is 1. The first kappa shape index (κ1) is 16.1. The summed E-state index contributed by atoms with van der Waals surface area (Å²) in [5, 5.41) is 4.07. The molecule has 136 valence electrons. The van der Waals surface area contributed by atoms with Gasteiger partial charge in [0.1, 0.15) is 16.3 Å². The van der Waals surface area contributed by atoms with Gasteiger partial charge in [0.25, 0.3) is 5.91 Å². The second-order valence-electron chi connectivity index (χ2n) is 6.59. The van der Waals surface area contributed by atoms with Crippen LogP contribution in [0.5, 0.6) is 0 Å². The molecule has 0 aliphatic carbocycles. The van der Waals surface area contributed by atoms with E-state index in [9.17, 15) is 4.79 Å². The zero-order chi connectivity index (χ0) is 18.4. The van der Waals surface area contributed by atoms with Crippen LogP contribution in [-0.4, -0.2) is 51.9 Å². The molecular formula is C19H18N6OS. The van der Waals surface area contributed by atoms with Crippen molar-refractivity contribution >= 4 is 50.1 Å². The summed E-state index contributed by atoms with van der Waals surface area (Å²) in [6.07, 6.45) is 0. The third-order valence-electron chi connectivity index (χ3n) is 4.95. The summed E-state index contributed by atoms with van der Waals surface area (Å²) in [6, 6.07) is 11.9. The van der Waals surface area contributed by atoms with E-state index in [1.165, 1.54) is 0 Å². The largest absolute Gasteiger partial charge is 0.368 e. The number of aromatic nitrogens is 3. The highest BCUT2D eigenvalue weighted by atomic mass is 32.1. The first-order chi connectivity index (χ1) is 13.2. The molecule has 1 saturated heterocycles. The number of nitrogens with one attached hydrogen (secondary N) is 1. The van der Waals surface area contributed by atoms with E-state index in [2.05, 4.69) is 19.9 Å². The van der Waals surface area contributed by atoms with E-state index in [0.29, 0.717) is 31.9 Å². The second kappa shape index (κ2) is 6.24. The maximum atomic E-state index is 12.9. The lowest BCUT2D eigenvalue weighted by Crippen LogP contribution is -2.49. The lowest BCUT2D eigenvalue weighted by Gasteiger charge is -2.35. The monoisotopic (exact) mass is 378 g/mol. The van der Waals surface area contributed by atoms with Crippen LogP contribution in [0.1, 0.15) is 10.5 Å². The van der Waals surface area contributed by atoms with E-state index in [0.717, 1.165) is 26.9 Å². The number of H-pyrrole nitrogens is 1. The van der Waals surface area contributed by atoms with Crippen molar-refractivity contribution in [1.29, 1.82) is 0 Å². The molecule has 0 spiro atoms. The number of carbonyl (C=O) groups is 1. The molecule has 0 unspecified atom stereocenters. The van der Waals surface area contributed by atoms with Crippen LogP contribution < -0.4 is 10.6 Å². The molecule has 1 fully saturated rings. The van der Waals surface area contributed by atoms with Gasteiger partial charge in [0.15, 0.2) is 0 Å². The Bertz CT molecular complexity index is 1110. The van der Waals surface area contributed by atoms with E-state index in [1.807, 2.05) is 46.7 Å². The molecule has 0 bridgehead atoms. The zero-order valence-electron chi connectivity index (χ0n) is 14.6. The Labute approximate surface area is 159 Å². The number of carbonyl (C=O) groups excluding carboxylic acids is 1. The Morgan fingerprint density at radius 1 is 1.11 bits per heavy atom. The molecule has 4 heterocycles. The molecule has 1 amide bonds. The van der Waals surface area contributed by atoms with Crippen molar-refractivity contribution in [2.45, 2.75) is 0 Å². The predicted octanol–water partition coefficient (Wildman–Crippen LogP) is 2.72. The first-order valence-corrected chi connectivity index (χ1v) is 9.70. The standard InChI is InChI=1S/C19H18N6OS/c20-19-22-16(13-5-10-27-17(13)23-19)24-6-8-25(9-7-24)18(26)15-11-12-3-1-2-4-14(12)21-15/h1-5,10-11,21H,6-9H2,(H2,20,22,23). The number of amides is 1. The number of hydrogen-bond acceptors (Lipinski definition) is 6. The minimum atomic E-state index is 0.0359. The highest BCUT2D eigenvalue weighted by molar-refractivity contribution is 7.16. The Morgan fingerprint density at radius 3 is 2.74 bits per heavy atom. The third-order valence-corrected chi connectivity index (χ3v) is 5.76. The molecule has 3 N–H and O–H groups in total. The van der Waals surface area contributed by atoms with Crippen LogP contribution in [0.15, 0.2) is 41.8 Å². The SMILES string of the molecule is Nc1nc(N2CCN(C(=O)c3cc4ccccc4[nH]3)CC2)c2ccsc2n1. The van der Waals surface area contributed by atoms with Crippen molar-refractivity contribution in [2.24, 2.45) is 0 Å². The number of nitrogen functional groups attached to an aromatic ring is 1. The van der Waals surface area contributed by atoms with Crippen LogP contribution in [0.3, 0.4) is 0 Å². The van der Waals surface area contributed by atoms with E-state index >= 15 is 0 Å². The van der Waals surface area contributed by atoms with Gasteiger partial charge in [-0.2, -0.15) is 4.98 Å². The van der Waals surface area contributed by atoms with Crippen LogP contribution in [0.25, 0.3) is 21.1 Å². The molecule has 5 rings (SSSR count). The Hall–Kier alpha value is -3.13. The number of thiophene rings is 1. The fourth-order valence-corrected chi connectivity index (χ4v) is 4.34. The van der Waals surface area contributed by atoms with E-state index in [-0.39, 0.29) is 11.9 Å². The first-order valence-electron chi connectivity index (χ1n) is 8.82. The summed E-state index contributed by atoms with van der Waals surface area (Å²) in [7, 11) is 0. The van der Waals surface area contributed by atoms with Gasteiger partial charge in [-0.05, 0) is 23.6 Å². The number of para-hydroxylation sites is 1. The Morgan fingerprint density at radius 2 is 1.93 bits per heavy atom. The van der Waals surface area contributed by atoms with Gasteiger partial charge in [-0.25, -0.2) is 4.98 Å². The fourth-order valence-electron chi connectivity index (χ4n) is 3.58. The minimum Gasteiger partial charge on any atom is -0.368 e. The van der Waals surface area contributed by atoms with E-state index < -0.39 is 0 Å². The van der Waals surface area contributed by atoms with Gasteiger partial charge >= 0.3 is 0 Å². The molecule has 7 nitrogen and oxygen atoms in total. The Kier molecular flexibility index (Phi) is 3.71. The number of rotatable bonds is 2. The average Bonchev–Trinajstić information content (AvgIpc) is 3.33. The van der Waals surface area contributed by atoms with Crippen molar-refractivity contribution in [1.82, 2.24) is 19.9 Å². The van der Waals surface area contributed by atoms with Gasteiger partial charge in [0.05, 0.1) is 5.39 Å². The van der Waals surface area contributed by atoms with Crippen molar-refractivity contribution in [3.63, 3.8) is 0 Å². The topological polar surface area (TPSA) is 91.1 Å². The molecule has 0 saturated carbocycles. The maximum absolute atomic E-state index is 12.9. The summed E-state index contributed by atoms with van der Waals surface area (Å²) < 4.78 is 0. The smallest absolute Gasteiger partial charge is 0.270 e. The van der Waals surface area contributed by atoms with Crippen LogP contribution >= 0.6 is 11.3 Å². The highest BCUT2D eigenvalue weighted by Gasteiger charge is 2.25. The molecule has 8 heteroatoms. The van der Waals surface area contributed by atoms with Crippen LogP contribution in [0.4, 0.5) is 11.8 Å². The van der Waals surface area contributed by atoms with Gasteiger partial charge in [-0.3, -0.25) is 4.79 Å². The summed E-state index contributed by atoms with van der Waals surface area (Å²) in [5.41, 5.74) is 7.49. The van der Waals surface area contributed by atoms with Gasteiger partial charge in [-0.1, -0.05) is 18.2 Å². The highest BCUT2D eigenvalue weighted by Crippen LogP contribution is 2.29. The van der Waals surface area contributed by atoms with Gasteiger partial charge in [0, 0.05) is 37.1 Å². The zero-order valence-corrected chi connectivity index (χ0v) is 15.4. The third kappa shape index (κ3) is 2.78. The predicted molar refractivity (Wildman–Crippen MR) is 108 cm³/mol. The molecule has 1 aromatic carbocycles. The number of piperazine rings is 1. The lowest BCUT2D eigenvalue weighted by atomic mass is 10.2. The normalized spacial score (nSPS) is 15.0. The number of nitrogens with zero attached hydrogens (tertiary/aromatic N) is 4. The minimum absolute atomic E-state index is 0.0359. The van der Waals surface area contributed by atoms with Crippen LogP contribution in [0.2, 0.25) is 0 Å².